The van der Waals surface area contributed by atoms with Crippen molar-refractivity contribution in [2.45, 2.75) is 96.4 Å². The van der Waals surface area contributed by atoms with Gasteiger partial charge in [-0.1, -0.05) is 30.3 Å². The first-order chi connectivity index (χ1) is 19.1. The van der Waals surface area contributed by atoms with Gasteiger partial charge in [-0.15, -0.1) is 0 Å². The number of hydrogen-bond donors (Lipinski definition) is 0. The molecule has 3 heterocycles. The number of pyridine rings is 2. The second-order valence-corrected chi connectivity index (χ2v) is 12.3. The number of carbonyl (C=O) groups excluding carboxylic acids is 1. The van der Waals surface area contributed by atoms with Gasteiger partial charge in [0.2, 0.25) is 0 Å². The molecule has 2 aromatic heterocycles. The number of esters is 1. The molecule has 6 nitrogen and oxygen atoms in total. The lowest BCUT2D eigenvalue weighted by Crippen LogP contribution is -2.58. The average Bonchev–Trinajstić information content (AvgIpc) is 2.93. The summed E-state index contributed by atoms with van der Waals surface area (Å²) in [7, 11) is 2.02. The molecule has 1 saturated heterocycles. The molecule has 1 aliphatic heterocycles. The maximum Gasteiger partial charge on any atom is 0.305 e. The molecule has 3 aromatic rings. The molecule has 40 heavy (non-hydrogen) atoms. The van der Waals surface area contributed by atoms with Crippen LogP contribution in [0.1, 0.15) is 84.3 Å². The molecule has 1 aliphatic rings. The molecule has 6 heteroatoms. The summed E-state index contributed by atoms with van der Waals surface area (Å²) in [5, 5.41) is 2.15. The van der Waals surface area contributed by atoms with Crippen molar-refractivity contribution in [2.24, 2.45) is 7.05 Å². The lowest BCUT2D eigenvalue weighted by atomic mass is 9.82. The molecule has 4 rings (SSSR count). The van der Waals surface area contributed by atoms with E-state index in [2.05, 4.69) is 86.4 Å². The number of hydroxylamine groups is 2. The molecule has 0 radical (unpaired) electrons. The van der Waals surface area contributed by atoms with Crippen LogP contribution in [0.25, 0.3) is 11.1 Å². The molecular weight excluding hydrogens is 498 g/mol. The van der Waals surface area contributed by atoms with E-state index in [9.17, 15) is 4.79 Å². The van der Waals surface area contributed by atoms with Crippen LogP contribution in [0.4, 0.5) is 0 Å². The zero-order valence-electron chi connectivity index (χ0n) is 25.0. The van der Waals surface area contributed by atoms with Crippen LogP contribution in [0.2, 0.25) is 0 Å². The van der Waals surface area contributed by atoms with Gasteiger partial charge in [0, 0.05) is 48.2 Å². The van der Waals surface area contributed by atoms with E-state index in [1.165, 1.54) is 17.5 Å². The minimum absolute atomic E-state index is 0.0864. The summed E-state index contributed by atoms with van der Waals surface area (Å²) in [6.07, 6.45) is 14.6. The minimum atomic E-state index is -0.333. The molecule has 0 bridgehead atoms. The van der Waals surface area contributed by atoms with Gasteiger partial charge < -0.3 is 4.74 Å². The lowest BCUT2D eigenvalue weighted by molar-refractivity contribution is -0.697. The fraction of sp³-hybridized carbons (Fsp3) is 0.500. The number of aromatic nitrogens is 2. The fourth-order valence-electron chi connectivity index (χ4n) is 5.72. The summed E-state index contributed by atoms with van der Waals surface area (Å²) in [6, 6.07) is 18.7. The van der Waals surface area contributed by atoms with Crippen LogP contribution in [0.15, 0.2) is 79.4 Å². The van der Waals surface area contributed by atoms with Crippen molar-refractivity contribution in [3.8, 4) is 11.1 Å². The van der Waals surface area contributed by atoms with Gasteiger partial charge >= 0.3 is 5.97 Å². The van der Waals surface area contributed by atoms with Crippen LogP contribution in [-0.2, 0) is 28.0 Å². The molecule has 214 valence electrons. The Labute approximate surface area is 240 Å². The van der Waals surface area contributed by atoms with Crippen molar-refractivity contribution < 1.29 is 23.5 Å². The van der Waals surface area contributed by atoms with Crippen LogP contribution in [-0.4, -0.2) is 28.7 Å². The summed E-state index contributed by atoms with van der Waals surface area (Å²) >= 11 is 0. The Kier molecular flexibility index (Phi) is 10.1. The first-order valence-electron chi connectivity index (χ1n) is 14.8. The number of ether oxygens (including phenoxy) is 1. The molecule has 0 amide bonds. The molecule has 0 saturated carbocycles. The van der Waals surface area contributed by atoms with Crippen molar-refractivity contribution in [3.63, 3.8) is 0 Å². The predicted octanol–water partition coefficient (Wildman–Crippen LogP) is 6.29. The highest BCUT2D eigenvalue weighted by Gasteiger charge is 2.44. The Morgan fingerprint density at radius 1 is 0.850 bits per heavy atom. The molecule has 1 fully saturated rings. The van der Waals surface area contributed by atoms with Crippen molar-refractivity contribution in [1.29, 1.82) is 0 Å². The molecule has 1 unspecified atom stereocenters. The molecule has 0 aliphatic carbocycles. The van der Waals surface area contributed by atoms with Gasteiger partial charge in [0.1, 0.15) is 26.3 Å². The number of carbonyl (C=O) groups is 1. The highest BCUT2D eigenvalue weighted by Crippen LogP contribution is 2.40. The summed E-state index contributed by atoms with van der Waals surface area (Å²) in [6.45, 7) is 10.1. The van der Waals surface area contributed by atoms with E-state index in [0.29, 0.717) is 6.42 Å². The number of piperidine rings is 1. The molecule has 0 spiro atoms. The maximum absolute atomic E-state index is 12.7. The summed E-state index contributed by atoms with van der Waals surface area (Å²) in [5.74, 6) is -0.157. The third-order valence-electron chi connectivity index (χ3n) is 7.98. The van der Waals surface area contributed by atoms with Crippen molar-refractivity contribution in [2.75, 3.05) is 6.61 Å². The van der Waals surface area contributed by atoms with Crippen molar-refractivity contribution in [3.05, 3.63) is 84.9 Å². The van der Waals surface area contributed by atoms with E-state index >= 15 is 0 Å². The molecule has 1 aromatic carbocycles. The topological polar surface area (TPSA) is 46.5 Å². The van der Waals surface area contributed by atoms with Crippen LogP contribution in [0, 0.1) is 0 Å². The molecule has 1 atom stereocenters. The van der Waals surface area contributed by atoms with Gasteiger partial charge in [-0.2, -0.15) is 5.06 Å². The number of aryl methyl sites for hydroxylation is 2. The van der Waals surface area contributed by atoms with Gasteiger partial charge in [0.25, 0.3) is 0 Å². The number of nitrogens with zero attached hydrogens (tertiary/aromatic N) is 3. The van der Waals surface area contributed by atoms with E-state index in [0.717, 1.165) is 44.2 Å². The van der Waals surface area contributed by atoms with E-state index in [-0.39, 0.29) is 29.8 Å². The van der Waals surface area contributed by atoms with Gasteiger partial charge in [0.15, 0.2) is 24.8 Å². The third-order valence-corrected chi connectivity index (χ3v) is 7.98. The van der Waals surface area contributed by atoms with Gasteiger partial charge in [-0.05, 0) is 76.5 Å². The van der Waals surface area contributed by atoms with Crippen LogP contribution < -0.4 is 9.13 Å². The Hall–Kier alpha value is -3.09. The van der Waals surface area contributed by atoms with E-state index in [1.54, 1.807) is 0 Å². The zero-order valence-corrected chi connectivity index (χ0v) is 25.0. The van der Waals surface area contributed by atoms with Crippen LogP contribution in [0.3, 0.4) is 0 Å². The molecule has 0 N–H and O–H groups in total. The Balaban J connectivity index is 1.22. The van der Waals surface area contributed by atoms with E-state index in [4.69, 9.17) is 9.57 Å². The van der Waals surface area contributed by atoms with Crippen LogP contribution in [0.5, 0.6) is 0 Å². The van der Waals surface area contributed by atoms with E-state index < -0.39 is 0 Å². The average molecular weight is 546 g/mol. The van der Waals surface area contributed by atoms with Gasteiger partial charge in [-0.25, -0.2) is 9.13 Å². The quantitative estimate of drug-likeness (QED) is 0.153. The normalized spacial score (nSPS) is 17.3. The number of benzene rings is 1. The fourth-order valence-corrected chi connectivity index (χ4v) is 5.72. The largest absolute Gasteiger partial charge is 0.462 e. The first-order valence-corrected chi connectivity index (χ1v) is 14.8. The monoisotopic (exact) mass is 545 g/mol. The summed E-state index contributed by atoms with van der Waals surface area (Å²) in [5.41, 5.74) is 3.28. The zero-order chi connectivity index (χ0) is 28.6. The van der Waals surface area contributed by atoms with Crippen LogP contribution >= 0.6 is 0 Å². The predicted molar refractivity (Wildman–Crippen MR) is 157 cm³/mol. The number of unbranched alkanes of at least 4 members (excludes halogenated alkanes) is 2. The highest BCUT2D eigenvalue weighted by atomic mass is 16.7. The second-order valence-electron chi connectivity index (χ2n) is 12.3. The Morgan fingerprint density at radius 3 is 2.08 bits per heavy atom. The Morgan fingerprint density at radius 2 is 1.45 bits per heavy atom. The summed E-state index contributed by atoms with van der Waals surface area (Å²) in [4.78, 5) is 19.3. The van der Waals surface area contributed by atoms with E-state index in [1.807, 2.05) is 41.9 Å². The lowest BCUT2D eigenvalue weighted by Gasteiger charge is -2.52. The first kappa shape index (κ1) is 29.9. The second kappa shape index (κ2) is 13.5. The number of rotatable bonds is 12. The maximum atomic E-state index is 12.7. The highest BCUT2D eigenvalue weighted by molar-refractivity contribution is 5.69. The summed E-state index contributed by atoms with van der Waals surface area (Å²) < 4.78 is 10.0. The number of hydrogen-bond acceptors (Lipinski definition) is 4. The third kappa shape index (κ3) is 8.21. The van der Waals surface area contributed by atoms with Gasteiger partial charge in [-0.3, -0.25) is 9.63 Å². The van der Waals surface area contributed by atoms with Crippen molar-refractivity contribution in [1.82, 2.24) is 5.06 Å². The van der Waals surface area contributed by atoms with Gasteiger partial charge in [0.05, 0.1) is 0 Å². The molecular formula is C34H47N3O3+2. The SMILES string of the molecule is C[n+]1ccc(-c2cc[n+](CCCCCC(=O)OCC(ON3C(C)(C)CCCC3(C)C)c3ccccc3)cc2)cc1. The smallest absolute Gasteiger partial charge is 0.305 e. The van der Waals surface area contributed by atoms with Crippen molar-refractivity contribution >= 4 is 5.97 Å². The Bertz CT molecular complexity index is 1190. The minimum Gasteiger partial charge on any atom is -0.462 e. The standard InChI is InChI=1S/C34H47N3O3/c1-33(2)20-12-21-34(3,4)37(33)40-31(30-13-8-6-9-14-30)27-39-32(38)15-10-7-11-22-36-25-18-29(19-26-36)28-16-23-35(5)24-17-28/h6,8-9,13-14,16-19,23-26,31H,7,10-12,15,20-22,27H2,1-5H3/q+2.